The van der Waals surface area contributed by atoms with Crippen molar-refractivity contribution in [3.8, 4) is 0 Å². The topological polar surface area (TPSA) is 140 Å². The summed E-state index contributed by atoms with van der Waals surface area (Å²) >= 11 is 0. The van der Waals surface area contributed by atoms with Crippen molar-refractivity contribution in [3.63, 3.8) is 0 Å². The Morgan fingerprint density at radius 2 is 1.10 bits per heavy atom. The number of ether oxygens (including phenoxy) is 6. The summed E-state index contributed by atoms with van der Waals surface area (Å²) in [5.74, 6) is -3.26. The number of benzene rings is 1. The van der Waals surface area contributed by atoms with Crippen LogP contribution in [-0.4, -0.2) is 95.8 Å². The lowest BCUT2D eigenvalue weighted by molar-refractivity contribution is -0.148. The maximum absolute atomic E-state index is 12.6. The molecule has 12 heteroatoms. The fraction of sp³-hybridized carbons (Fsp3) is 0.345. The molecule has 0 aliphatic carbocycles. The van der Waals surface area contributed by atoms with Crippen molar-refractivity contribution in [2.75, 3.05) is 71.9 Å². The van der Waals surface area contributed by atoms with E-state index in [-0.39, 0.29) is 69.8 Å². The predicted molar refractivity (Wildman–Crippen MR) is 146 cm³/mol. The molecule has 0 unspecified atom stereocenters. The molecule has 2 heterocycles. The molecule has 0 N–H and O–H groups in total. The van der Waals surface area contributed by atoms with Crippen molar-refractivity contribution >= 4 is 35.6 Å². The van der Waals surface area contributed by atoms with Gasteiger partial charge in [0.1, 0.15) is 43.4 Å². The van der Waals surface area contributed by atoms with E-state index in [1.54, 1.807) is 12.2 Å². The van der Waals surface area contributed by atoms with Gasteiger partial charge in [-0.3, -0.25) is 0 Å². The number of allylic oxidation sites excluding steroid dienone is 2. The zero-order valence-corrected chi connectivity index (χ0v) is 22.9. The first-order chi connectivity index (χ1) is 19.8. The number of fused-ring (bicyclic) bond motifs is 2. The Bertz CT molecular complexity index is 1200. The van der Waals surface area contributed by atoms with Crippen LogP contribution in [0.5, 0.6) is 0 Å². The van der Waals surface area contributed by atoms with E-state index in [0.29, 0.717) is 0 Å². The van der Waals surface area contributed by atoms with E-state index >= 15 is 0 Å². The Labute approximate surface area is 237 Å². The Balaban J connectivity index is 1.63. The Morgan fingerprint density at radius 3 is 1.56 bits per heavy atom. The van der Waals surface area contributed by atoms with Gasteiger partial charge in [-0.15, -0.1) is 0 Å². The average molecular weight is 569 g/mol. The van der Waals surface area contributed by atoms with Crippen molar-refractivity contribution in [2.24, 2.45) is 0 Å². The zero-order chi connectivity index (χ0) is 29.5. The van der Waals surface area contributed by atoms with Gasteiger partial charge in [-0.1, -0.05) is 30.4 Å². The van der Waals surface area contributed by atoms with Crippen LogP contribution < -0.4 is 4.90 Å². The molecule has 2 aromatic rings. The lowest BCUT2D eigenvalue weighted by Crippen LogP contribution is -2.22. The number of carbonyl (C=O) groups excluding carboxylic acids is 4. The van der Waals surface area contributed by atoms with Crippen LogP contribution in [-0.2, 0) is 38.0 Å². The molecule has 1 aromatic heterocycles. The highest BCUT2D eigenvalue weighted by Gasteiger charge is 2.21. The second kappa shape index (κ2) is 16.5. The number of nitrogens with zero attached hydrogens (tertiary/aromatic N) is 2. The molecule has 2 bridgehead atoms. The molecule has 0 fully saturated rings. The highest BCUT2D eigenvalue weighted by Crippen LogP contribution is 2.14. The number of pyridine rings is 1. The van der Waals surface area contributed by atoms with E-state index in [1.807, 2.05) is 43.3 Å². The van der Waals surface area contributed by atoms with Gasteiger partial charge in [0.05, 0.1) is 26.4 Å². The minimum Gasteiger partial charge on any atom is -0.459 e. The fourth-order valence-electron chi connectivity index (χ4n) is 3.30. The number of rotatable bonds is 3. The summed E-state index contributed by atoms with van der Waals surface area (Å²) < 4.78 is 31.2. The summed E-state index contributed by atoms with van der Waals surface area (Å²) in [6, 6.07) is 12.0. The van der Waals surface area contributed by atoms with Crippen LogP contribution in [0.2, 0.25) is 0 Å². The number of hydrogen-bond donors (Lipinski definition) is 0. The van der Waals surface area contributed by atoms with Crippen LogP contribution in [0.15, 0.2) is 60.2 Å². The minimum absolute atomic E-state index is 0.00685. The third-order valence-corrected chi connectivity index (χ3v) is 5.41. The summed E-state index contributed by atoms with van der Waals surface area (Å²) in [4.78, 5) is 55.7. The van der Waals surface area contributed by atoms with Gasteiger partial charge >= 0.3 is 23.9 Å². The third kappa shape index (κ3) is 10.5. The van der Waals surface area contributed by atoms with E-state index in [4.69, 9.17) is 28.4 Å². The molecule has 0 spiro atoms. The van der Waals surface area contributed by atoms with Crippen molar-refractivity contribution in [3.05, 3.63) is 77.1 Å². The molecule has 1 aromatic carbocycles. The first kappa shape index (κ1) is 31.0. The van der Waals surface area contributed by atoms with Gasteiger partial charge in [0.15, 0.2) is 0 Å². The molecule has 3 rings (SSSR count). The molecule has 0 amide bonds. The maximum atomic E-state index is 12.6. The quantitative estimate of drug-likeness (QED) is 0.232. The standard InChI is InChI=1S/C29H32N2O10/c1-31(2)22-11-9-21(10-12-22)5-3-6-23-26(32)38-17-13-36-15-19-40-28(34)24-7-4-8-25(30-24)29(35)41-20-16-37-14-18-39-27(23)33/h3-12H,13-20H2,1-2H3/b5-3+. The normalized spacial score (nSPS) is 16.9. The van der Waals surface area contributed by atoms with E-state index in [2.05, 4.69) is 4.98 Å². The van der Waals surface area contributed by atoms with Gasteiger partial charge in [0.25, 0.3) is 0 Å². The molecule has 0 radical (unpaired) electrons. The maximum Gasteiger partial charge on any atom is 0.357 e. The fourth-order valence-corrected chi connectivity index (χ4v) is 3.30. The molecule has 0 saturated carbocycles. The lowest BCUT2D eigenvalue weighted by atomic mass is 10.1. The van der Waals surface area contributed by atoms with Crippen molar-refractivity contribution in [1.82, 2.24) is 4.98 Å². The van der Waals surface area contributed by atoms with Crippen LogP contribution in [0, 0.1) is 0 Å². The van der Waals surface area contributed by atoms with Gasteiger partial charge in [-0.05, 0) is 35.9 Å². The molecule has 218 valence electrons. The van der Waals surface area contributed by atoms with Gasteiger partial charge in [0.2, 0.25) is 0 Å². The van der Waals surface area contributed by atoms with Gasteiger partial charge in [-0.25, -0.2) is 24.2 Å². The summed E-state index contributed by atoms with van der Waals surface area (Å²) in [5.41, 5.74) is 1.45. The summed E-state index contributed by atoms with van der Waals surface area (Å²) in [6.07, 6.45) is 4.59. The number of anilines is 1. The van der Waals surface area contributed by atoms with Crippen molar-refractivity contribution < 1.29 is 47.6 Å². The Hall–Kier alpha value is -4.55. The molecular formula is C29H32N2O10. The van der Waals surface area contributed by atoms with Crippen LogP contribution in [0.4, 0.5) is 5.69 Å². The molecule has 1 aliphatic rings. The number of carbonyl (C=O) groups is 4. The second-order valence-corrected chi connectivity index (χ2v) is 8.60. The third-order valence-electron chi connectivity index (χ3n) is 5.41. The first-order valence-electron chi connectivity index (χ1n) is 12.8. The van der Waals surface area contributed by atoms with Crippen LogP contribution >= 0.6 is 0 Å². The van der Waals surface area contributed by atoms with Crippen LogP contribution in [0.3, 0.4) is 0 Å². The number of aromatic nitrogens is 1. The van der Waals surface area contributed by atoms with E-state index in [0.717, 1.165) is 11.3 Å². The summed E-state index contributed by atoms with van der Waals surface area (Å²) in [5, 5.41) is 0. The number of hydrogen-bond acceptors (Lipinski definition) is 12. The Morgan fingerprint density at radius 1 is 0.634 bits per heavy atom. The van der Waals surface area contributed by atoms with Gasteiger partial charge in [0, 0.05) is 19.8 Å². The van der Waals surface area contributed by atoms with Crippen LogP contribution in [0.1, 0.15) is 26.5 Å². The first-order valence-corrected chi connectivity index (χ1v) is 12.8. The van der Waals surface area contributed by atoms with Gasteiger partial charge < -0.3 is 33.3 Å². The van der Waals surface area contributed by atoms with Gasteiger partial charge in [-0.2, -0.15) is 0 Å². The second-order valence-electron chi connectivity index (χ2n) is 8.60. The largest absolute Gasteiger partial charge is 0.459 e. The smallest absolute Gasteiger partial charge is 0.357 e. The predicted octanol–water partition coefficient (Wildman–Crippen LogP) is 2.23. The number of cyclic esters (lactones) is 4. The van der Waals surface area contributed by atoms with Crippen molar-refractivity contribution in [2.45, 2.75) is 0 Å². The van der Waals surface area contributed by atoms with E-state index < -0.39 is 23.9 Å². The molecule has 41 heavy (non-hydrogen) atoms. The molecule has 12 nitrogen and oxygen atoms in total. The summed E-state index contributed by atoms with van der Waals surface area (Å²) in [7, 11) is 3.87. The molecule has 0 saturated heterocycles. The average Bonchev–Trinajstić information content (AvgIpc) is 2.97. The van der Waals surface area contributed by atoms with E-state index in [9.17, 15) is 19.2 Å². The number of esters is 4. The summed E-state index contributed by atoms with van der Waals surface area (Å²) in [6.45, 7) is -0.475. The molecule has 0 atom stereocenters. The van der Waals surface area contributed by atoms with Crippen LogP contribution in [0.25, 0.3) is 6.08 Å². The van der Waals surface area contributed by atoms with E-state index in [1.165, 1.54) is 24.3 Å². The SMILES string of the molecule is CN(C)c1ccc(/C=C/C=C2C(=O)OCCOCCOC(=O)c3cccc(n3)C(=O)OCCOCCOC2=O)cc1. The molecule has 1 aliphatic heterocycles. The van der Waals surface area contributed by atoms with Crippen molar-refractivity contribution in [1.29, 1.82) is 0 Å². The lowest BCUT2D eigenvalue weighted by Gasteiger charge is -2.11. The Kier molecular flexibility index (Phi) is 12.5. The molecular weight excluding hydrogens is 536 g/mol. The monoisotopic (exact) mass is 568 g/mol. The minimum atomic E-state index is -0.890. The highest BCUT2D eigenvalue weighted by molar-refractivity contribution is 6.14. The highest BCUT2D eigenvalue weighted by atomic mass is 16.6. The zero-order valence-electron chi connectivity index (χ0n) is 22.9.